The van der Waals surface area contributed by atoms with Crippen molar-refractivity contribution in [2.75, 3.05) is 46.3 Å². The lowest BCUT2D eigenvalue weighted by Gasteiger charge is -2.22. The van der Waals surface area contributed by atoms with E-state index in [9.17, 15) is 25.0 Å². The van der Waals surface area contributed by atoms with Crippen LogP contribution in [0.15, 0.2) is 30.3 Å². The van der Waals surface area contributed by atoms with Gasteiger partial charge < -0.3 is 14.4 Å². The van der Waals surface area contributed by atoms with Gasteiger partial charge in [-0.15, -0.1) is 12.4 Å². The van der Waals surface area contributed by atoms with Gasteiger partial charge in [-0.1, -0.05) is 11.3 Å². The van der Waals surface area contributed by atoms with Crippen LogP contribution in [0.25, 0.3) is 10.2 Å². The van der Waals surface area contributed by atoms with Crippen molar-refractivity contribution < 1.29 is 24.1 Å². The maximum atomic E-state index is 13.5. The summed E-state index contributed by atoms with van der Waals surface area (Å²) in [4.78, 5) is 42.2. The number of halogens is 1. The fraction of sp³-hybridized carbons (Fsp3) is 0.300. The number of nitro groups is 2. The summed E-state index contributed by atoms with van der Waals surface area (Å²) in [5.74, 6) is 0.375. The zero-order valence-corrected chi connectivity index (χ0v) is 20.3. The number of amides is 1. The van der Waals surface area contributed by atoms with Crippen LogP contribution in [0, 0.1) is 20.2 Å². The Hall–Kier alpha value is -3.55. The molecule has 1 aromatic heterocycles. The average molecular weight is 512 g/mol. The number of non-ortho nitro benzene ring substituents is 2. The Morgan fingerprint density at radius 2 is 1.56 bits per heavy atom. The van der Waals surface area contributed by atoms with Crippen LogP contribution < -0.4 is 14.4 Å². The monoisotopic (exact) mass is 511 g/mol. The van der Waals surface area contributed by atoms with Gasteiger partial charge in [-0.05, 0) is 26.2 Å². The largest absolute Gasteiger partial charge is 0.495 e. The van der Waals surface area contributed by atoms with Crippen molar-refractivity contribution >= 4 is 56.4 Å². The summed E-state index contributed by atoms with van der Waals surface area (Å²) in [6.07, 6.45) is 0. The van der Waals surface area contributed by atoms with Crippen LogP contribution in [0.4, 0.5) is 16.5 Å². The number of thiazole rings is 1. The number of ether oxygens (including phenoxy) is 2. The molecule has 0 saturated carbocycles. The highest BCUT2D eigenvalue weighted by Gasteiger charge is 2.27. The van der Waals surface area contributed by atoms with E-state index in [-0.39, 0.29) is 24.5 Å². The first-order valence-corrected chi connectivity index (χ1v) is 10.4. The first-order valence-electron chi connectivity index (χ1n) is 9.58. The number of fused-ring (bicyclic) bond motifs is 1. The van der Waals surface area contributed by atoms with E-state index in [1.165, 1.54) is 30.5 Å². The molecule has 0 radical (unpaired) electrons. The number of hydrogen-bond donors (Lipinski definition) is 0. The Balaban J connectivity index is 0.00000408. The molecular formula is C20H22ClN5O7S. The summed E-state index contributed by atoms with van der Waals surface area (Å²) >= 11 is 1.18. The second-order valence-corrected chi connectivity index (χ2v) is 8.13. The number of benzene rings is 2. The SMILES string of the molecule is COc1ccc(OC)c2sc(N(CCN(C)C)C(=O)c3cc([N+](=O)[O-])cc([N+](=O)[O-])c3)nc12.Cl. The van der Waals surface area contributed by atoms with Crippen molar-refractivity contribution in [1.29, 1.82) is 0 Å². The van der Waals surface area contributed by atoms with Gasteiger partial charge in [0.25, 0.3) is 17.3 Å². The van der Waals surface area contributed by atoms with Gasteiger partial charge in [-0.2, -0.15) is 0 Å². The highest BCUT2D eigenvalue weighted by molar-refractivity contribution is 7.22. The number of rotatable bonds is 9. The molecular weight excluding hydrogens is 490 g/mol. The maximum absolute atomic E-state index is 13.5. The zero-order valence-electron chi connectivity index (χ0n) is 18.7. The van der Waals surface area contributed by atoms with Crippen molar-refractivity contribution in [3.05, 3.63) is 56.1 Å². The normalized spacial score (nSPS) is 10.6. The number of aromatic nitrogens is 1. The van der Waals surface area contributed by atoms with Gasteiger partial charge in [0, 0.05) is 25.2 Å². The Morgan fingerprint density at radius 1 is 1.00 bits per heavy atom. The highest BCUT2D eigenvalue weighted by Crippen LogP contribution is 2.40. The fourth-order valence-corrected chi connectivity index (χ4v) is 4.16. The van der Waals surface area contributed by atoms with Gasteiger partial charge in [0.05, 0.1) is 35.7 Å². The van der Waals surface area contributed by atoms with Crippen molar-refractivity contribution in [1.82, 2.24) is 9.88 Å². The van der Waals surface area contributed by atoms with Crippen LogP contribution in [0.1, 0.15) is 10.4 Å². The summed E-state index contributed by atoms with van der Waals surface area (Å²) in [5, 5.41) is 22.9. The van der Waals surface area contributed by atoms with Gasteiger partial charge in [-0.25, -0.2) is 4.98 Å². The molecule has 3 aromatic rings. The maximum Gasteiger partial charge on any atom is 0.277 e. The van der Waals surface area contributed by atoms with E-state index in [1.807, 2.05) is 19.0 Å². The molecule has 1 amide bonds. The molecule has 0 aliphatic carbocycles. The number of nitrogens with zero attached hydrogens (tertiary/aromatic N) is 5. The molecule has 0 spiro atoms. The Labute approximate surface area is 204 Å². The third kappa shape index (κ3) is 5.50. The first kappa shape index (κ1) is 26.7. The van der Waals surface area contributed by atoms with Crippen molar-refractivity contribution in [3.8, 4) is 11.5 Å². The minimum absolute atomic E-state index is 0. The summed E-state index contributed by atoms with van der Waals surface area (Å²) in [5.41, 5.74) is -0.794. The summed E-state index contributed by atoms with van der Waals surface area (Å²) in [7, 11) is 6.66. The predicted molar refractivity (Wildman–Crippen MR) is 130 cm³/mol. The van der Waals surface area contributed by atoms with E-state index in [2.05, 4.69) is 4.98 Å². The summed E-state index contributed by atoms with van der Waals surface area (Å²) in [6.45, 7) is 0.639. The second-order valence-electron chi connectivity index (χ2n) is 7.16. The third-order valence-electron chi connectivity index (χ3n) is 4.72. The Bertz CT molecular complexity index is 1160. The summed E-state index contributed by atoms with van der Waals surface area (Å²) in [6, 6.07) is 6.27. The minimum Gasteiger partial charge on any atom is -0.495 e. The molecule has 1 heterocycles. The zero-order chi connectivity index (χ0) is 24.3. The number of nitro benzene ring substituents is 2. The number of likely N-dealkylation sites (N-methyl/N-ethyl adjacent to an activating group) is 1. The molecule has 0 unspecified atom stereocenters. The van der Waals surface area contributed by atoms with Gasteiger partial charge in [0.2, 0.25) is 0 Å². The number of anilines is 1. The molecule has 0 fully saturated rings. The fourth-order valence-electron chi connectivity index (χ4n) is 3.06. The van der Waals surface area contributed by atoms with E-state index in [0.717, 1.165) is 18.2 Å². The van der Waals surface area contributed by atoms with Crippen LogP contribution in [0.3, 0.4) is 0 Å². The number of methoxy groups -OCH3 is 2. The average Bonchev–Trinajstić information content (AvgIpc) is 3.22. The minimum atomic E-state index is -0.776. The molecule has 0 bridgehead atoms. The van der Waals surface area contributed by atoms with Gasteiger partial charge >= 0.3 is 0 Å². The number of carbonyl (C=O) groups excluding carboxylic acids is 1. The predicted octanol–water partition coefficient (Wildman–Crippen LogP) is 3.76. The topological polar surface area (TPSA) is 141 Å². The third-order valence-corrected chi connectivity index (χ3v) is 5.81. The second kappa shape index (κ2) is 11.0. The van der Waals surface area contributed by atoms with Crippen LogP contribution in [-0.2, 0) is 0 Å². The molecule has 182 valence electrons. The number of hydrogen-bond acceptors (Lipinski definition) is 10. The highest BCUT2D eigenvalue weighted by atomic mass is 35.5. The van der Waals surface area contributed by atoms with E-state index in [1.54, 1.807) is 12.1 Å². The molecule has 0 N–H and O–H groups in total. The van der Waals surface area contributed by atoms with Crippen LogP contribution >= 0.6 is 23.7 Å². The lowest BCUT2D eigenvalue weighted by molar-refractivity contribution is -0.394. The molecule has 2 aromatic carbocycles. The van der Waals surface area contributed by atoms with E-state index < -0.39 is 27.1 Å². The molecule has 12 nitrogen and oxygen atoms in total. The van der Waals surface area contributed by atoms with E-state index in [0.29, 0.717) is 33.4 Å². The van der Waals surface area contributed by atoms with Crippen molar-refractivity contribution in [2.45, 2.75) is 0 Å². The van der Waals surface area contributed by atoms with E-state index >= 15 is 0 Å². The number of carbonyl (C=O) groups is 1. The summed E-state index contributed by atoms with van der Waals surface area (Å²) < 4.78 is 11.4. The van der Waals surface area contributed by atoms with E-state index in [4.69, 9.17) is 9.47 Å². The molecule has 0 aliphatic heterocycles. The molecule has 14 heteroatoms. The lowest BCUT2D eigenvalue weighted by Crippen LogP contribution is -2.36. The quantitative estimate of drug-likeness (QED) is 0.310. The standard InChI is InChI=1S/C20H21N5O7S.ClH/c1-22(2)7-8-23(19(26)12-9-13(24(27)28)11-14(10-12)25(29)30)20-21-17-15(31-3)5-6-16(32-4)18(17)33-20;/h5-6,9-11H,7-8H2,1-4H3;1H. The van der Waals surface area contributed by atoms with Crippen LogP contribution in [0.5, 0.6) is 11.5 Å². The molecule has 0 saturated heterocycles. The van der Waals surface area contributed by atoms with Crippen LogP contribution in [0.2, 0.25) is 0 Å². The molecule has 0 aliphatic rings. The van der Waals surface area contributed by atoms with Gasteiger partial charge in [-0.3, -0.25) is 29.9 Å². The smallest absolute Gasteiger partial charge is 0.277 e. The van der Waals surface area contributed by atoms with Gasteiger partial charge in [0.1, 0.15) is 21.7 Å². The molecule has 0 atom stereocenters. The van der Waals surface area contributed by atoms with Crippen molar-refractivity contribution in [3.63, 3.8) is 0 Å². The lowest BCUT2D eigenvalue weighted by atomic mass is 10.1. The molecule has 3 rings (SSSR count). The van der Waals surface area contributed by atoms with Gasteiger partial charge in [0.15, 0.2) is 5.13 Å². The Kier molecular flexibility index (Phi) is 8.68. The van der Waals surface area contributed by atoms with Crippen LogP contribution in [-0.4, -0.2) is 67.0 Å². The van der Waals surface area contributed by atoms with Crippen molar-refractivity contribution in [2.24, 2.45) is 0 Å². The Morgan fingerprint density at radius 3 is 2.06 bits per heavy atom. The first-order chi connectivity index (χ1) is 15.7. The molecule has 34 heavy (non-hydrogen) atoms.